The van der Waals surface area contributed by atoms with Gasteiger partial charge in [-0.3, -0.25) is 9.48 Å². The molecule has 1 fully saturated rings. The second-order valence-electron chi connectivity index (χ2n) is 5.70. The van der Waals surface area contributed by atoms with E-state index in [1.54, 1.807) is 10.9 Å². The van der Waals surface area contributed by atoms with Gasteiger partial charge in [0.1, 0.15) is 5.82 Å². The second-order valence-corrected chi connectivity index (χ2v) is 5.70. The fraction of sp³-hybridized carbons (Fsp3) is 0.571. The largest absolute Gasteiger partial charge is 0.356 e. The van der Waals surface area contributed by atoms with Crippen molar-refractivity contribution in [2.24, 2.45) is 7.05 Å². The van der Waals surface area contributed by atoms with E-state index in [-0.39, 0.29) is 17.8 Å². The van der Waals surface area contributed by atoms with Crippen LogP contribution in [0.3, 0.4) is 0 Å². The topological polar surface area (TPSA) is 75.9 Å². The van der Waals surface area contributed by atoms with Crippen LogP contribution in [0.5, 0.6) is 0 Å². The molecule has 0 unspecified atom stereocenters. The van der Waals surface area contributed by atoms with Gasteiger partial charge in [-0.2, -0.15) is 5.10 Å². The van der Waals surface area contributed by atoms with Gasteiger partial charge in [-0.05, 0) is 26.7 Å². The normalized spacial score (nSPS) is 15.1. The Morgan fingerprint density at radius 2 is 2.00 bits per heavy atom. The van der Waals surface area contributed by atoms with E-state index in [2.05, 4.69) is 25.3 Å². The lowest BCUT2D eigenvalue weighted by atomic mass is 10.3. The molecule has 0 aliphatic carbocycles. The third-order valence-electron chi connectivity index (χ3n) is 3.60. The minimum absolute atomic E-state index is 0.0542. The predicted molar refractivity (Wildman–Crippen MR) is 80.4 cm³/mol. The van der Waals surface area contributed by atoms with E-state index in [9.17, 15) is 4.79 Å². The van der Waals surface area contributed by atoms with Gasteiger partial charge in [0.25, 0.3) is 5.91 Å². The number of aryl methyl sites for hydroxylation is 1. The first kappa shape index (κ1) is 13.8. The lowest BCUT2D eigenvalue weighted by Crippen LogP contribution is -2.32. The zero-order valence-corrected chi connectivity index (χ0v) is 12.6. The summed E-state index contributed by atoms with van der Waals surface area (Å²) in [7, 11) is 1.83. The summed E-state index contributed by atoms with van der Waals surface area (Å²) in [4.78, 5) is 23.3. The summed E-state index contributed by atoms with van der Waals surface area (Å²) >= 11 is 0. The van der Waals surface area contributed by atoms with Gasteiger partial charge in [-0.15, -0.1) is 0 Å². The molecule has 0 bridgehead atoms. The van der Waals surface area contributed by atoms with Crippen molar-refractivity contribution in [1.82, 2.24) is 25.1 Å². The van der Waals surface area contributed by atoms with Crippen molar-refractivity contribution in [3.05, 3.63) is 12.0 Å². The average Bonchev–Trinajstić information content (AvgIpc) is 3.07. The van der Waals surface area contributed by atoms with Gasteiger partial charge >= 0.3 is 0 Å². The van der Waals surface area contributed by atoms with Crippen LogP contribution >= 0.6 is 0 Å². The number of hydrogen-bond acceptors (Lipinski definition) is 5. The highest BCUT2D eigenvalue weighted by molar-refractivity contribution is 5.95. The Morgan fingerprint density at radius 1 is 1.29 bits per heavy atom. The summed E-state index contributed by atoms with van der Waals surface area (Å²) in [6, 6.07) is 0.0542. The number of carbonyl (C=O) groups excluding carboxylic acids is 1. The maximum absolute atomic E-state index is 12.2. The minimum atomic E-state index is -0.242. The number of hydrogen-bond donors (Lipinski definition) is 1. The Balaban J connectivity index is 2.09. The average molecular weight is 288 g/mol. The third kappa shape index (κ3) is 2.55. The smallest absolute Gasteiger partial charge is 0.289 e. The fourth-order valence-corrected chi connectivity index (χ4v) is 2.61. The summed E-state index contributed by atoms with van der Waals surface area (Å²) in [5.41, 5.74) is 0.695. The summed E-state index contributed by atoms with van der Waals surface area (Å²) in [6.45, 7) is 5.77. The van der Waals surface area contributed by atoms with Crippen molar-refractivity contribution in [2.75, 3.05) is 18.0 Å². The molecule has 1 aliphatic heterocycles. The molecular weight excluding hydrogens is 268 g/mol. The summed E-state index contributed by atoms with van der Waals surface area (Å²) < 4.78 is 1.68. The highest BCUT2D eigenvalue weighted by Gasteiger charge is 2.22. The number of carbonyl (C=O) groups is 1. The van der Waals surface area contributed by atoms with Crippen molar-refractivity contribution in [2.45, 2.75) is 32.7 Å². The van der Waals surface area contributed by atoms with Gasteiger partial charge in [-0.25, -0.2) is 9.97 Å². The van der Waals surface area contributed by atoms with Gasteiger partial charge in [-0.1, -0.05) is 0 Å². The van der Waals surface area contributed by atoms with Crippen LogP contribution in [0.1, 0.15) is 37.3 Å². The molecule has 21 heavy (non-hydrogen) atoms. The first-order valence-corrected chi connectivity index (χ1v) is 7.32. The molecule has 2 aromatic heterocycles. The Morgan fingerprint density at radius 3 is 2.67 bits per heavy atom. The van der Waals surface area contributed by atoms with Crippen molar-refractivity contribution in [1.29, 1.82) is 0 Å². The summed E-state index contributed by atoms with van der Waals surface area (Å²) in [6.07, 6.45) is 4.08. The summed E-state index contributed by atoms with van der Waals surface area (Å²) in [5.74, 6) is 0.787. The molecule has 0 radical (unpaired) electrons. The fourth-order valence-electron chi connectivity index (χ4n) is 2.61. The van der Waals surface area contributed by atoms with Crippen molar-refractivity contribution >= 4 is 22.8 Å². The van der Waals surface area contributed by atoms with Crippen LogP contribution in [0.15, 0.2) is 6.20 Å². The lowest BCUT2D eigenvalue weighted by molar-refractivity contribution is 0.0933. The van der Waals surface area contributed by atoms with Crippen LogP contribution in [0, 0.1) is 0 Å². The molecule has 112 valence electrons. The number of nitrogens with one attached hydrogen (secondary N) is 1. The number of fused-ring (bicyclic) bond motifs is 1. The van der Waals surface area contributed by atoms with Crippen LogP contribution in [0.2, 0.25) is 0 Å². The zero-order chi connectivity index (χ0) is 15.0. The van der Waals surface area contributed by atoms with Crippen LogP contribution in [0.25, 0.3) is 11.0 Å². The Bertz CT molecular complexity index is 671. The quantitative estimate of drug-likeness (QED) is 0.915. The lowest BCUT2D eigenvalue weighted by Gasteiger charge is -2.18. The zero-order valence-electron chi connectivity index (χ0n) is 12.6. The Labute approximate surface area is 123 Å². The van der Waals surface area contributed by atoms with Crippen molar-refractivity contribution in [3.8, 4) is 0 Å². The Kier molecular flexibility index (Phi) is 3.48. The molecule has 1 saturated heterocycles. The van der Waals surface area contributed by atoms with E-state index in [0.717, 1.165) is 37.1 Å². The van der Waals surface area contributed by atoms with E-state index in [0.29, 0.717) is 5.65 Å². The molecule has 3 rings (SSSR count). The minimum Gasteiger partial charge on any atom is -0.356 e. The first-order chi connectivity index (χ1) is 10.1. The molecule has 1 N–H and O–H groups in total. The van der Waals surface area contributed by atoms with Gasteiger partial charge in [0.15, 0.2) is 5.65 Å². The number of rotatable bonds is 3. The van der Waals surface area contributed by atoms with E-state index >= 15 is 0 Å². The molecular formula is C14H20N6O. The van der Waals surface area contributed by atoms with Gasteiger partial charge < -0.3 is 10.2 Å². The van der Waals surface area contributed by atoms with Crippen LogP contribution < -0.4 is 10.2 Å². The van der Waals surface area contributed by atoms with Crippen LogP contribution in [-0.4, -0.2) is 44.8 Å². The maximum atomic E-state index is 12.2. The molecule has 2 aromatic rings. The van der Waals surface area contributed by atoms with Gasteiger partial charge in [0.2, 0.25) is 5.82 Å². The number of aromatic nitrogens is 4. The molecule has 1 aliphatic rings. The van der Waals surface area contributed by atoms with Crippen molar-refractivity contribution in [3.63, 3.8) is 0 Å². The molecule has 3 heterocycles. The van der Waals surface area contributed by atoms with Gasteiger partial charge in [0.05, 0.1) is 11.6 Å². The maximum Gasteiger partial charge on any atom is 0.289 e. The van der Waals surface area contributed by atoms with Crippen molar-refractivity contribution < 1.29 is 4.79 Å². The molecule has 0 atom stereocenters. The molecule has 0 aromatic carbocycles. The Hall–Kier alpha value is -2.18. The monoisotopic (exact) mass is 288 g/mol. The van der Waals surface area contributed by atoms with E-state index < -0.39 is 0 Å². The third-order valence-corrected chi connectivity index (χ3v) is 3.60. The molecule has 0 spiro atoms. The van der Waals surface area contributed by atoms with E-state index in [1.807, 2.05) is 20.9 Å². The number of nitrogens with zero attached hydrogens (tertiary/aromatic N) is 5. The molecule has 0 saturated carbocycles. The SMILES string of the molecule is CC(C)NC(=O)c1nc(N2CCCC2)c2cnn(C)c2n1. The van der Waals surface area contributed by atoms with E-state index in [4.69, 9.17) is 0 Å². The number of amides is 1. The number of anilines is 1. The highest BCUT2D eigenvalue weighted by atomic mass is 16.2. The highest BCUT2D eigenvalue weighted by Crippen LogP contribution is 2.26. The second kappa shape index (κ2) is 5.31. The molecule has 7 heteroatoms. The van der Waals surface area contributed by atoms with Crippen LogP contribution in [0.4, 0.5) is 5.82 Å². The van der Waals surface area contributed by atoms with Gasteiger partial charge in [0, 0.05) is 26.2 Å². The summed E-state index contributed by atoms with van der Waals surface area (Å²) in [5, 5.41) is 7.99. The van der Waals surface area contributed by atoms with E-state index in [1.165, 1.54) is 0 Å². The van der Waals surface area contributed by atoms with Crippen LogP contribution in [-0.2, 0) is 7.05 Å². The first-order valence-electron chi connectivity index (χ1n) is 7.32. The standard InChI is InChI=1S/C14H20N6O/c1-9(2)16-14(21)11-17-12-10(8-15-19(12)3)13(18-11)20-6-4-5-7-20/h8-9H,4-7H2,1-3H3,(H,16,21). The molecule has 1 amide bonds. The predicted octanol–water partition coefficient (Wildman–Crippen LogP) is 1.10. The molecule has 7 nitrogen and oxygen atoms in total.